The van der Waals surface area contributed by atoms with E-state index in [1.807, 2.05) is 30.6 Å². The molecular weight excluding hydrogens is 244 g/mol. The highest BCUT2D eigenvalue weighted by atomic mass is 32.1. The van der Waals surface area contributed by atoms with Crippen molar-refractivity contribution in [2.45, 2.75) is 26.4 Å². The van der Waals surface area contributed by atoms with Crippen LogP contribution in [0.25, 0.3) is 0 Å². The zero-order chi connectivity index (χ0) is 12.8. The van der Waals surface area contributed by atoms with Gasteiger partial charge in [-0.25, -0.2) is 4.98 Å². The highest BCUT2D eigenvalue weighted by Crippen LogP contribution is 2.16. The van der Waals surface area contributed by atoms with E-state index in [0.29, 0.717) is 6.61 Å². The summed E-state index contributed by atoms with van der Waals surface area (Å²) in [5.41, 5.74) is 1.25. The lowest BCUT2D eigenvalue weighted by Gasteiger charge is -2.11. The molecule has 0 bridgehead atoms. The quantitative estimate of drug-likeness (QED) is 0.866. The van der Waals surface area contributed by atoms with Crippen molar-refractivity contribution in [2.24, 2.45) is 0 Å². The maximum absolute atomic E-state index is 5.42. The Bertz CT molecular complexity index is 453. The fraction of sp³-hybridized carbons (Fsp3) is 0.357. The number of benzene rings is 1. The largest absolute Gasteiger partial charge is 0.494 e. The van der Waals surface area contributed by atoms with E-state index in [0.717, 1.165) is 17.3 Å². The van der Waals surface area contributed by atoms with Crippen molar-refractivity contribution in [3.63, 3.8) is 0 Å². The van der Waals surface area contributed by atoms with Gasteiger partial charge in [-0.2, -0.15) is 0 Å². The van der Waals surface area contributed by atoms with Crippen LogP contribution in [0.3, 0.4) is 0 Å². The number of nitrogens with zero attached hydrogens (tertiary/aromatic N) is 1. The second-order valence-electron chi connectivity index (χ2n) is 4.05. The van der Waals surface area contributed by atoms with Crippen LogP contribution in [0.5, 0.6) is 5.75 Å². The van der Waals surface area contributed by atoms with E-state index in [-0.39, 0.29) is 6.04 Å². The van der Waals surface area contributed by atoms with Crippen LogP contribution in [0, 0.1) is 0 Å². The predicted octanol–water partition coefficient (Wildman–Crippen LogP) is 3.39. The Hall–Kier alpha value is -1.39. The molecule has 0 saturated heterocycles. The molecule has 1 heterocycles. The van der Waals surface area contributed by atoms with Gasteiger partial charge in [0.25, 0.3) is 0 Å². The molecule has 1 unspecified atom stereocenters. The minimum atomic E-state index is 0.288. The fourth-order valence-corrected chi connectivity index (χ4v) is 2.35. The van der Waals surface area contributed by atoms with Gasteiger partial charge in [-0.05, 0) is 31.5 Å². The monoisotopic (exact) mass is 262 g/mol. The summed E-state index contributed by atoms with van der Waals surface area (Å²) in [6, 6.07) is 8.49. The van der Waals surface area contributed by atoms with Crippen LogP contribution in [0.4, 0.5) is 0 Å². The number of ether oxygens (including phenoxy) is 1. The molecule has 0 aliphatic heterocycles. The van der Waals surface area contributed by atoms with E-state index < -0.39 is 0 Å². The minimum absolute atomic E-state index is 0.288. The molecule has 3 nitrogen and oxygen atoms in total. The fourth-order valence-electron chi connectivity index (χ4n) is 1.68. The lowest BCUT2D eigenvalue weighted by atomic mass is 10.2. The molecular formula is C14H18N2OS. The Kier molecular flexibility index (Phi) is 4.73. The van der Waals surface area contributed by atoms with Gasteiger partial charge in [0.1, 0.15) is 10.8 Å². The third-order valence-electron chi connectivity index (χ3n) is 2.67. The molecule has 18 heavy (non-hydrogen) atoms. The molecule has 0 aliphatic carbocycles. The first-order valence-electron chi connectivity index (χ1n) is 6.14. The molecule has 0 fully saturated rings. The Labute approximate surface area is 112 Å². The van der Waals surface area contributed by atoms with Gasteiger partial charge in [0, 0.05) is 18.1 Å². The minimum Gasteiger partial charge on any atom is -0.494 e. The van der Waals surface area contributed by atoms with Gasteiger partial charge in [-0.3, -0.25) is 0 Å². The molecule has 0 radical (unpaired) electrons. The highest BCUT2D eigenvalue weighted by molar-refractivity contribution is 7.09. The smallest absolute Gasteiger partial charge is 0.119 e. The van der Waals surface area contributed by atoms with Crippen LogP contribution in [0.15, 0.2) is 35.8 Å². The predicted molar refractivity (Wildman–Crippen MR) is 75.0 cm³/mol. The summed E-state index contributed by atoms with van der Waals surface area (Å²) >= 11 is 1.68. The average Bonchev–Trinajstić information content (AvgIpc) is 2.92. The van der Waals surface area contributed by atoms with E-state index in [4.69, 9.17) is 4.74 Å². The van der Waals surface area contributed by atoms with Crippen molar-refractivity contribution in [3.8, 4) is 5.75 Å². The molecule has 0 saturated carbocycles. The summed E-state index contributed by atoms with van der Waals surface area (Å²) in [4.78, 5) is 4.30. The van der Waals surface area contributed by atoms with Gasteiger partial charge < -0.3 is 10.1 Å². The van der Waals surface area contributed by atoms with E-state index in [1.165, 1.54) is 5.56 Å². The zero-order valence-corrected chi connectivity index (χ0v) is 11.5. The lowest BCUT2D eigenvalue weighted by molar-refractivity contribution is 0.340. The van der Waals surface area contributed by atoms with Gasteiger partial charge in [-0.1, -0.05) is 12.1 Å². The second-order valence-corrected chi connectivity index (χ2v) is 4.98. The van der Waals surface area contributed by atoms with Crippen LogP contribution >= 0.6 is 11.3 Å². The molecule has 4 heteroatoms. The first-order valence-corrected chi connectivity index (χ1v) is 7.02. The standard InChI is InChI=1S/C14H18N2OS/c1-3-17-13-6-4-12(5-7-13)10-16-11(2)14-15-8-9-18-14/h4-9,11,16H,3,10H2,1-2H3. The Morgan fingerprint density at radius 1 is 1.33 bits per heavy atom. The Balaban J connectivity index is 1.86. The molecule has 2 aromatic rings. The van der Waals surface area contributed by atoms with Gasteiger partial charge >= 0.3 is 0 Å². The molecule has 1 N–H and O–H groups in total. The summed E-state index contributed by atoms with van der Waals surface area (Å²) in [5.74, 6) is 0.925. The molecule has 0 amide bonds. The molecule has 0 aliphatic rings. The number of aromatic nitrogens is 1. The topological polar surface area (TPSA) is 34.1 Å². The summed E-state index contributed by atoms with van der Waals surface area (Å²) in [6.45, 7) is 5.67. The molecule has 1 atom stereocenters. The van der Waals surface area contributed by atoms with Gasteiger partial charge in [-0.15, -0.1) is 11.3 Å². The van der Waals surface area contributed by atoms with Crippen molar-refractivity contribution in [3.05, 3.63) is 46.4 Å². The number of hydrogen-bond donors (Lipinski definition) is 1. The number of hydrogen-bond acceptors (Lipinski definition) is 4. The number of thiazole rings is 1. The third-order valence-corrected chi connectivity index (χ3v) is 3.63. The van der Waals surface area contributed by atoms with Crippen LogP contribution in [0.2, 0.25) is 0 Å². The van der Waals surface area contributed by atoms with E-state index in [9.17, 15) is 0 Å². The average molecular weight is 262 g/mol. The van der Waals surface area contributed by atoms with Crippen LogP contribution in [-0.2, 0) is 6.54 Å². The van der Waals surface area contributed by atoms with Crippen molar-refractivity contribution >= 4 is 11.3 Å². The Morgan fingerprint density at radius 3 is 2.72 bits per heavy atom. The van der Waals surface area contributed by atoms with Crippen LogP contribution < -0.4 is 10.1 Å². The molecule has 2 rings (SSSR count). The van der Waals surface area contributed by atoms with Gasteiger partial charge in [0.2, 0.25) is 0 Å². The first kappa shape index (κ1) is 13.1. The van der Waals surface area contributed by atoms with Crippen LogP contribution in [0.1, 0.15) is 30.5 Å². The normalized spacial score (nSPS) is 12.3. The van der Waals surface area contributed by atoms with E-state index in [2.05, 4.69) is 29.4 Å². The van der Waals surface area contributed by atoms with Crippen molar-refractivity contribution in [2.75, 3.05) is 6.61 Å². The van der Waals surface area contributed by atoms with E-state index in [1.54, 1.807) is 11.3 Å². The second kappa shape index (κ2) is 6.52. The molecule has 0 spiro atoms. The van der Waals surface area contributed by atoms with Crippen molar-refractivity contribution < 1.29 is 4.74 Å². The van der Waals surface area contributed by atoms with Crippen molar-refractivity contribution in [1.29, 1.82) is 0 Å². The van der Waals surface area contributed by atoms with Crippen LogP contribution in [-0.4, -0.2) is 11.6 Å². The lowest BCUT2D eigenvalue weighted by Crippen LogP contribution is -2.17. The van der Waals surface area contributed by atoms with Gasteiger partial charge in [0.15, 0.2) is 0 Å². The zero-order valence-electron chi connectivity index (χ0n) is 10.7. The molecule has 1 aromatic carbocycles. The first-order chi connectivity index (χ1) is 8.79. The van der Waals surface area contributed by atoms with Crippen molar-refractivity contribution in [1.82, 2.24) is 10.3 Å². The number of nitrogens with one attached hydrogen (secondary N) is 1. The summed E-state index contributed by atoms with van der Waals surface area (Å²) < 4.78 is 5.42. The highest BCUT2D eigenvalue weighted by Gasteiger charge is 2.06. The maximum Gasteiger partial charge on any atom is 0.119 e. The Morgan fingerprint density at radius 2 is 2.11 bits per heavy atom. The van der Waals surface area contributed by atoms with Gasteiger partial charge in [0.05, 0.1) is 12.6 Å². The summed E-state index contributed by atoms with van der Waals surface area (Å²) in [7, 11) is 0. The number of rotatable bonds is 6. The SMILES string of the molecule is CCOc1ccc(CNC(C)c2nccs2)cc1. The third kappa shape index (κ3) is 3.55. The summed E-state index contributed by atoms with van der Waals surface area (Å²) in [6.07, 6.45) is 1.84. The van der Waals surface area contributed by atoms with E-state index >= 15 is 0 Å². The summed E-state index contributed by atoms with van der Waals surface area (Å²) in [5, 5.41) is 6.59. The molecule has 1 aromatic heterocycles. The molecule has 96 valence electrons. The maximum atomic E-state index is 5.42.